The van der Waals surface area contributed by atoms with E-state index in [1.807, 2.05) is 0 Å². The zero-order chi connectivity index (χ0) is 11.5. The van der Waals surface area contributed by atoms with Gasteiger partial charge in [-0.2, -0.15) is 0 Å². The smallest absolute Gasteiger partial charge is 0.159 e. The van der Waals surface area contributed by atoms with Crippen LogP contribution in [0.15, 0.2) is 23.4 Å². The Hall–Kier alpha value is -1.09. The van der Waals surface area contributed by atoms with E-state index in [2.05, 4.69) is 29.0 Å². The van der Waals surface area contributed by atoms with E-state index in [9.17, 15) is 4.79 Å². The Balaban J connectivity index is 2.04. The van der Waals surface area contributed by atoms with Crippen molar-refractivity contribution >= 4 is 5.78 Å². The number of ketones is 1. The molecule has 1 heterocycles. The van der Waals surface area contributed by atoms with Gasteiger partial charge < -0.3 is 9.80 Å². The highest BCUT2D eigenvalue weighted by molar-refractivity contribution is 5.96. The summed E-state index contributed by atoms with van der Waals surface area (Å²) in [5, 5.41) is 0. The molecular weight excluding hydrogens is 200 g/mol. The lowest BCUT2D eigenvalue weighted by Gasteiger charge is -2.36. The fourth-order valence-electron chi connectivity index (χ4n) is 2.27. The maximum atomic E-state index is 11.3. The second-order valence-electron chi connectivity index (χ2n) is 4.68. The Morgan fingerprint density at radius 1 is 1.25 bits per heavy atom. The van der Waals surface area contributed by atoms with Crippen LogP contribution in [-0.2, 0) is 4.79 Å². The molecule has 0 amide bonds. The second-order valence-corrected chi connectivity index (χ2v) is 4.68. The van der Waals surface area contributed by atoms with Crippen LogP contribution < -0.4 is 0 Å². The molecule has 1 aliphatic heterocycles. The standard InChI is InChI=1S/C13H20N2O/c1-11(16)12-4-3-5-13(10-12)15-8-6-14(2)7-9-15/h4,10H,3,5-9H2,1-2H3. The molecule has 0 spiro atoms. The Labute approximate surface area is 97.4 Å². The van der Waals surface area contributed by atoms with Crippen LogP contribution in [0.1, 0.15) is 19.8 Å². The van der Waals surface area contributed by atoms with Gasteiger partial charge in [-0.1, -0.05) is 6.08 Å². The zero-order valence-electron chi connectivity index (χ0n) is 10.2. The fourth-order valence-corrected chi connectivity index (χ4v) is 2.27. The summed E-state index contributed by atoms with van der Waals surface area (Å²) in [7, 11) is 2.16. The number of allylic oxidation sites excluding steroid dienone is 4. The van der Waals surface area contributed by atoms with Crippen LogP contribution >= 0.6 is 0 Å². The van der Waals surface area contributed by atoms with Crippen molar-refractivity contribution in [1.82, 2.24) is 9.80 Å². The Morgan fingerprint density at radius 3 is 2.56 bits per heavy atom. The molecule has 0 aromatic carbocycles. The highest BCUT2D eigenvalue weighted by Crippen LogP contribution is 2.22. The summed E-state index contributed by atoms with van der Waals surface area (Å²) in [6.45, 7) is 6.07. The molecule has 0 bridgehead atoms. The van der Waals surface area contributed by atoms with Gasteiger partial charge in [0.1, 0.15) is 0 Å². The van der Waals surface area contributed by atoms with E-state index in [-0.39, 0.29) is 5.78 Å². The molecule has 88 valence electrons. The highest BCUT2D eigenvalue weighted by atomic mass is 16.1. The van der Waals surface area contributed by atoms with E-state index in [1.54, 1.807) is 6.92 Å². The predicted octanol–water partition coefficient (Wildman–Crippen LogP) is 1.43. The molecule has 16 heavy (non-hydrogen) atoms. The van der Waals surface area contributed by atoms with Gasteiger partial charge in [0.15, 0.2) is 5.78 Å². The lowest BCUT2D eigenvalue weighted by Crippen LogP contribution is -2.44. The van der Waals surface area contributed by atoms with Crippen LogP contribution in [-0.4, -0.2) is 48.8 Å². The molecule has 0 aromatic heterocycles. The van der Waals surface area contributed by atoms with Gasteiger partial charge in [0.05, 0.1) is 0 Å². The first kappa shape index (κ1) is 11.4. The van der Waals surface area contributed by atoms with E-state index < -0.39 is 0 Å². The van der Waals surface area contributed by atoms with Gasteiger partial charge in [0, 0.05) is 37.4 Å². The van der Waals surface area contributed by atoms with Gasteiger partial charge in [-0.25, -0.2) is 0 Å². The number of nitrogens with zero attached hydrogens (tertiary/aromatic N) is 2. The molecule has 0 aromatic rings. The number of Topliss-reactive ketones (excluding diaryl/α,β-unsaturated/α-hetero) is 1. The summed E-state index contributed by atoms with van der Waals surface area (Å²) in [6.07, 6.45) is 6.23. The van der Waals surface area contributed by atoms with E-state index in [4.69, 9.17) is 0 Å². The maximum absolute atomic E-state index is 11.3. The minimum Gasteiger partial charge on any atom is -0.372 e. The van der Waals surface area contributed by atoms with Crippen LogP contribution in [0.5, 0.6) is 0 Å². The SMILES string of the molecule is CC(=O)C1=CCCC(N2CCN(C)CC2)=C1. The number of carbonyl (C=O) groups excluding carboxylic acids is 1. The molecule has 3 nitrogen and oxygen atoms in total. The Kier molecular flexibility index (Phi) is 3.44. The van der Waals surface area contributed by atoms with Crippen molar-refractivity contribution in [1.29, 1.82) is 0 Å². The number of likely N-dealkylation sites (N-methyl/N-ethyl adjacent to an activating group) is 1. The van der Waals surface area contributed by atoms with Crippen molar-refractivity contribution in [3.8, 4) is 0 Å². The quantitative estimate of drug-likeness (QED) is 0.703. The predicted molar refractivity (Wildman–Crippen MR) is 65.2 cm³/mol. The molecule has 1 aliphatic carbocycles. The van der Waals surface area contributed by atoms with E-state index in [0.29, 0.717) is 0 Å². The number of carbonyl (C=O) groups is 1. The topological polar surface area (TPSA) is 23.6 Å². The molecule has 0 unspecified atom stereocenters. The number of piperazine rings is 1. The molecule has 2 aliphatic rings. The maximum Gasteiger partial charge on any atom is 0.159 e. The van der Waals surface area contributed by atoms with Crippen LogP contribution in [0.25, 0.3) is 0 Å². The second kappa shape index (κ2) is 4.83. The fraction of sp³-hybridized carbons (Fsp3) is 0.615. The van der Waals surface area contributed by atoms with Crippen molar-refractivity contribution in [2.45, 2.75) is 19.8 Å². The molecular formula is C13H20N2O. The lowest BCUT2D eigenvalue weighted by atomic mass is 10.0. The Morgan fingerprint density at radius 2 is 1.94 bits per heavy atom. The normalized spacial score (nSPS) is 22.8. The minimum atomic E-state index is 0.186. The molecule has 2 rings (SSSR count). The van der Waals surface area contributed by atoms with Crippen molar-refractivity contribution in [3.05, 3.63) is 23.4 Å². The molecule has 1 saturated heterocycles. The van der Waals surface area contributed by atoms with Crippen LogP contribution in [0.4, 0.5) is 0 Å². The van der Waals surface area contributed by atoms with Crippen molar-refractivity contribution < 1.29 is 4.79 Å². The third-order valence-corrected chi connectivity index (χ3v) is 3.40. The van der Waals surface area contributed by atoms with Crippen LogP contribution in [0.2, 0.25) is 0 Å². The van der Waals surface area contributed by atoms with Gasteiger partial charge in [-0.05, 0) is 32.9 Å². The van der Waals surface area contributed by atoms with Crippen molar-refractivity contribution in [2.75, 3.05) is 33.2 Å². The first-order chi connectivity index (χ1) is 7.66. The van der Waals surface area contributed by atoms with Crippen LogP contribution in [0.3, 0.4) is 0 Å². The van der Waals surface area contributed by atoms with E-state index in [0.717, 1.165) is 44.6 Å². The Bertz CT molecular complexity index is 336. The number of hydrogen-bond acceptors (Lipinski definition) is 3. The van der Waals surface area contributed by atoms with Crippen molar-refractivity contribution in [3.63, 3.8) is 0 Å². The van der Waals surface area contributed by atoms with Gasteiger partial charge in [0.25, 0.3) is 0 Å². The number of rotatable bonds is 2. The first-order valence-electron chi connectivity index (χ1n) is 6.02. The third-order valence-electron chi connectivity index (χ3n) is 3.40. The summed E-state index contributed by atoms with van der Waals surface area (Å²) < 4.78 is 0. The monoisotopic (exact) mass is 220 g/mol. The zero-order valence-corrected chi connectivity index (χ0v) is 10.2. The highest BCUT2D eigenvalue weighted by Gasteiger charge is 2.18. The summed E-state index contributed by atoms with van der Waals surface area (Å²) in [5.41, 5.74) is 2.24. The average molecular weight is 220 g/mol. The summed E-state index contributed by atoms with van der Waals surface area (Å²) >= 11 is 0. The molecule has 0 radical (unpaired) electrons. The summed E-state index contributed by atoms with van der Waals surface area (Å²) in [5.74, 6) is 0.186. The van der Waals surface area contributed by atoms with Gasteiger partial charge in [0.2, 0.25) is 0 Å². The van der Waals surface area contributed by atoms with E-state index in [1.165, 1.54) is 5.70 Å². The molecule has 1 fully saturated rings. The van der Waals surface area contributed by atoms with Gasteiger partial charge >= 0.3 is 0 Å². The van der Waals surface area contributed by atoms with Crippen LogP contribution in [0, 0.1) is 0 Å². The van der Waals surface area contributed by atoms with E-state index >= 15 is 0 Å². The molecule has 0 atom stereocenters. The minimum absolute atomic E-state index is 0.186. The summed E-state index contributed by atoms with van der Waals surface area (Å²) in [4.78, 5) is 16.1. The van der Waals surface area contributed by atoms with Gasteiger partial charge in [-0.15, -0.1) is 0 Å². The average Bonchev–Trinajstić information content (AvgIpc) is 2.30. The molecule has 0 saturated carbocycles. The first-order valence-corrected chi connectivity index (χ1v) is 6.02. The molecule has 3 heteroatoms. The van der Waals surface area contributed by atoms with Gasteiger partial charge in [-0.3, -0.25) is 4.79 Å². The number of hydrogen-bond donors (Lipinski definition) is 0. The summed E-state index contributed by atoms with van der Waals surface area (Å²) in [6, 6.07) is 0. The third kappa shape index (κ3) is 2.53. The van der Waals surface area contributed by atoms with Crippen molar-refractivity contribution in [2.24, 2.45) is 0 Å². The largest absolute Gasteiger partial charge is 0.372 e. The molecule has 0 N–H and O–H groups in total. The lowest BCUT2D eigenvalue weighted by molar-refractivity contribution is -0.113.